The Morgan fingerprint density at radius 3 is 2.75 bits per heavy atom. The van der Waals surface area contributed by atoms with E-state index in [1.165, 1.54) is 0 Å². The minimum absolute atomic E-state index is 0.0420. The largest absolute Gasteiger partial charge is 0.389 e. The van der Waals surface area contributed by atoms with Crippen molar-refractivity contribution in [3.63, 3.8) is 0 Å². The number of hydrogen-bond donors (Lipinski definition) is 2. The molecule has 2 atom stereocenters. The molecular weight excluding hydrogens is 376 g/mol. The highest BCUT2D eigenvalue weighted by Crippen LogP contribution is 2.19. The van der Waals surface area contributed by atoms with Crippen LogP contribution in [0.25, 0.3) is 0 Å². The summed E-state index contributed by atoms with van der Waals surface area (Å²) >= 11 is 6.11. The number of likely N-dealkylation sites (tertiary alicyclic amines) is 1. The van der Waals surface area contributed by atoms with Crippen LogP contribution >= 0.6 is 11.6 Å². The van der Waals surface area contributed by atoms with Gasteiger partial charge in [0.15, 0.2) is 0 Å². The molecule has 2 aromatic rings. The lowest BCUT2D eigenvalue weighted by molar-refractivity contribution is -0.121. The highest BCUT2D eigenvalue weighted by atomic mass is 35.5. The molecule has 0 aromatic heterocycles. The number of hydrogen-bond acceptors (Lipinski definition) is 4. The van der Waals surface area contributed by atoms with Gasteiger partial charge in [0.05, 0.1) is 25.2 Å². The van der Waals surface area contributed by atoms with Crippen molar-refractivity contribution >= 4 is 23.2 Å². The molecule has 28 heavy (non-hydrogen) atoms. The Labute approximate surface area is 171 Å². The first-order chi connectivity index (χ1) is 13.6. The Morgan fingerprint density at radius 1 is 1.21 bits per heavy atom. The van der Waals surface area contributed by atoms with Crippen LogP contribution in [-0.4, -0.2) is 48.3 Å². The van der Waals surface area contributed by atoms with Crippen molar-refractivity contribution in [1.29, 1.82) is 0 Å². The third-order valence-corrected chi connectivity index (χ3v) is 5.28. The summed E-state index contributed by atoms with van der Waals surface area (Å²) in [6.07, 6.45) is 1.22. The van der Waals surface area contributed by atoms with Crippen LogP contribution in [0.2, 0.25) is 5.02 Å². The summed E-state index contributed by atoms with van der Waals surface area (Å²) in [7, 11) is 0. The number of carbonyl (C=O) groups is 1. The third kappa shape index (κ3) is 6.31. The molecule has 0 unspecified atom stereocenters. The third-order valence-electron chi connectivity index (χ3n) is 4.91. The van der Waals surface area contributed by atoms with Crippen molar-refractivity contribution in [2.75, 3.05) is 31.6 Å². The average molecular weight is 403 g/mol. The number of para-hydroxylation sites is 1. The first-order valence-electron chi connectivity index (χ1n) is 9.69. The van der Waals surface area contributed by atoms with Gasteiger partial charge in [0.1, 0.15) is 0 Å². The SMILES string of the molecule is O=C(Nc1ccccc1)[C@H]1CCCN(C[C@H](O)COCc2ccccc2Cl)C1. The lowest BCUT2D eigenvalue weighted by atomic mass is 9.96. The molecule has 1 heterocycles. The van der Waals surface area contributed by atoms with Crippen LogP contribution in [0.5, 0.6) is 0 Å². The van der Waals surface area contributed by atoms with Crippen molar-refractivity contribution < 1.29 is 14.6 Å². The molecule has 1 aliphatic heterocycles. The van der Waals surface area contributed by atoms with Gasteiger partial charge in [-0.15, -0.1) is 0 Å². The molecule has 0 bridgehead atoms. The normalized spacial score (nSPS) is 18.6. The quantitative estimate of drug-likeness (QED) is 0.708. The van der Waals surface area contributed by atoms with E-state index in [9.17, 15) is 9.90 Å². The molecule has 2 N–H and O–H groups in total. The predicted molar refractivity (Wildman–Crippen MR) is 111 cm³/mol. The Hall–Kier alpha value is -1.92. The second-order valence-electron chi connectivity index (χ2n) is 7.21. The maximum atomic E-state index is 12.5. The molecule has 1 fully saturated rings. The summed E-state index contributed by atoms with van der Waals surface area (Å²) in [6, 6.07) is 17.0. The molecule has 0 spiro atoms. The second kappa shape index (κ2) is 10.6. The van der Waals surface area contributed by atoms with Gasteiger partial charge in [-0.2, -0.15) is 0 Å². The van der Waals surface area contributed by atoms with E-state index in [0.29, 0.717) is 24.7 Å². The predicted octanol–water partition coefficient (Wildman–Crippen LogP) is 3.57. The van der Waals surface area contributed by atoms with Gasteiger partial charge in [-0.3, -0.25) is 9.69 Å². The molecule has 0 aliphatic carbocycles. The first kappa shape index (κ1) is 20.8. The highest BCUT2D eigenvalue weighted by molar-refractivity contribution is 6.31. The standard InChI is InChI=1S/C22H27ClN2O3/c23-21-11-5-4-7-18(21)15-28-16-20(26)14-25-12-6-8-17(13-25)22(27)24-19-9-2-1-3-10-19/h1-5,7,9-11,17,20,26H,6,8,12-16H2,(H,24,27)/t17-,20-/m0/s1. The number of nitrogens with zero attached hydrogens (tertiary/aromatic N) is 1. The van der Waals surface area contributed by atoms with Gasteiger partial charge in [0.25, 0.3) is 0 Å². The number of nitrogens with one attached hydrogen (secondary N) is 1. The van der Waals surface area contributed by atoms with Gasteiger partial charge < -0.3 is 15.2 Å². The topological polar surface area (TPSA) is 61.8 Å². The Morgan fingerprint density at radius 2 is 1.96 bits per heavy atom. The Bertz CT molecular complexity index is 756. The number of β-amino-alcohol motifs (C(OH)–C–C–N with tert-alkyl or cyclic N) is 1. The van der Waals surface area contributed by atoms with Gasteiger partial charge in [-0.25, -0.2) is 0 Å². The summed E-state index contributed by atoms with van der Waals surface area (Å²) in [6.45, 7) is 2.65. The number of rotatable bonds is 8. The number of ether oxygens (including phenoxy) is 1. The maximum Gasteiger partial charge on any atom is 0.228 e. The van der Waals surface area contributed by atoms with Gasteiger partial charge >= 0.3 is 0 Å². The smallest absolute Gasteiger partial charge is 0.228 e. The lowest BCUT2D eigenvalue weighted by Gasteiger charge is -2.33. The zero-order valence-corrected chi connectivity index (χ0v) is 16.6. The van der Waals surface area contributed by atoms with E-state index in [1.54, 1.807) is 0 Å². The molecule has 5 nitrogen and oxygen atoms in total. The molecule has 3 rings (SSSR count). The fourth-order valence-electron chi connectivity index (χ4n) is 3.47. The van der Waals surface area contributed by atoms with E-state index in [2.05, 4.69) is 10.2 Å². The van der Waals surface area contributed by atoms with E-state index < -0.39 is 6.10 Å². The van der Waals surface area contributed by atoms with Gasteiger partial charge in [0.2, 0.25) is 5.91 Å². The van der Waals surface area contributed by atoms with Crippen molar-refractivity contribution in [3.8, 4) is 0 Å². The molecule has 0 radical (unpaired) electrons. The zero-order chi connectivity index (χ0) is 19.8. The lowest BCUT2D eigenvalue weighted by Crippen LogP contribution is -2.44. The average Bonchev–Trinajstić information content (AvgIpc) is 2.70. The van der Waals surface area contributed by atoms with E-state index in [0.717, 1.165) is 30.6 Å². The minimum atomic E-state index is -0.599. The van der Waals surface area contributed by atoms with Crippen LogP contribution < -0.4 is 5.32 Å². The van der Waals surface area contributed by atoms with Gasteiger partial charge in [-0.05, 0) is 43.1 Å². The Balaban J connectivity index is 1.41. The van der Waals surface area contributed by atoms with Crippen LogP contribution in [0, 0.1) is 5.92 Å². The van der Waals surface area contributed by atoms with Crippen molar-refractivity contribution in [2.24, 2.45) is 5.92 Å². The summed E-state index contributed by atoms with van der Waals surface area (Å²) in [5, 5.41) is 14.0. The second-order valence-corrected chi connectivity index (χ2v) is 7.62. The zero-order valence-electron chi connectivity index (χ0n) is 15.9. The van der Waals surface area contributed by atoms with Crippen LogP contribution in [-0.2, 0) is 16.1 Å². The van der Waals surface area contributed by atoms with E-state index >= 15 is 0 Å². The van der Waals surface area contributed by atoms with E-state index in [-0.39, 0.29) is 18.4 Å². The molecule has 1 amide bonds. The number of amides is 1. The first-order valence-corrected chi connectivity index (χ1v) is 10.1. The molecule has 0 saturated carbocycles. The molecular formula is C22H27ClN2O3. The van der Waals surface area contributed by atoms with Crippen molar-refractivity contribution in [3.05, 3.63) is 65.2 Å². The number of carbonyl (C=O) groups excluding carboxylic acids is 1. The number of benzene rings is 2. The fourth-order valence-corrected chi connectivity index (χ4v) is 3.66. The van der Waals surface area contributed by atoms with Crippen LogP contribution in [0.3, 0.4) is 0 Å². The molecule has 150 valence electrons. The number of anilines is 1. The van der Waals surface area contributed by atoms with Crippen molar-refractivity contribution in [1.82, 2.24) is 4.90 Å². The summed E-state index contributed by atoms with van der Waals surface area (Å²) in [5.74, 6) is -0.0226. The number of halogens is 1. The number of aliphatic hydroxyl groups excluding tert-OH is 1. The molecule has 2 aromatic carbocycles. The number of aliphatic hydroxyl groups is 1. The van der Waals surface area contributed by atoms with E-state index in [1.807, 2.05) is 54.6 Å². The monoisotopic (exact) mass is 402 g/mol. The van der Waals surface area contributed by atoms with Crippen LogP contribution in [0.15, 0.2) is 54.6 Å². The minimum Gasteiger partial charge on any atom is -0.389 e. The fraction of sp³-hybridized carbons (Fsp3) is 0.409. The van der Waals surface area contributed by atoms with Gasteiger partial charge in [-0.1, -0.05) is 48.0 Å². The molecule has 6 heteroatoms. The Kier molecular flexibility index (Phi) is 7.86. The highest BCUT2D eigenvalue weighted by Gasteiger charge is 2.27. The summed E-state index contributed by atoms with van der Waals surface area (Å²) in [5.41, 5.74) is 1.73. The summed E-state index contributed by atoms with van der Waals surface area (Å²) in [4.78, 5) is 14.7. The van der Waals surface area contributed by atoms with Crippen molar-refractivity contribution in [2.45, 2.75) is 25.6 Å². The number of piperidine rings is 1. The molecule has 1 saturated heterocycles. The maximum absolute atomic E-state index is 12.5. The van der Waals surface area contributed by atoms with Crippen LogP contribution in [0.1, 0.15) is 18.4 Å². The van der Waals surface area contributed by atoms with Gasteiger partial charge in [0, 0.05) is 23.8 Å². The van der Waals surface area contributed by atoms with Crippen LogP contribution in [0.4, 0.5) is 5.69 Å². The summed E-state index contributed by atoms with van der Waals surface area (Å²) < 4.78 is 5.62. The molecule has 1 aliphatic rings. The van der Waals surface area contributed by atoms with E-state index in [4.69, 9.17) is 16.3 Å².